The lowest BCUT2D eigenvalue weighted by Gasteiger charge is -1.93. The summed E-state index contributed by atoms with van der Waals surface area (Å²) >= 11 is 0. The van der Waals surface area contributed by atoms with Gasteiger partial charge in [0.05, 0.1) is 17.6 Å². The smallest absolute Gasteiger partial charge is 0.0628 e. The molecule has 0 amide bonds. The largest absolute Gasteiger partial charge is 0.397 e. The quantitative estimate of drug-likeness (QED) is 0.341. The first-order chi connectivity index (χ1) is 6.83. The van der Waals surface area contributed by atoms with Crippen molar-refractivity contribution in [1.29, 1.82) is 0 Å². The Hall–Kier alpha value is -2.00. The van der Waals surface area contributed by atoms with E-state index in [1.165, 1.54) is 0 Å². The zero-order valence-corrected chi connectivity index (χ0v) is 7.67. The van der Waals surface area contributed by atoms with Crippen molar-refractivity contribution in [2.75, 3.05) is 12.3 Å². The van der Waals surface area contributed by atoms with Gasteiger partial charge in [-0.2, -0.15) is 0 Å². The van der Waals surface area contributed by atoms with Gasteiger partial charge >= 0.3 is 0 Å². The minimum absolute atomic E-state index is 0.474. The van der Waals surface area contributed by atoms with Crippen molar-refractivity contribution in [2.24, 2.45) is 5.11 Å². The van der Waals surface area contributed by atoms with Gasteiger partial charge in [-0.3, -0.25) is 4.98 Å². The summed E-state index contributed by atoms with van der Waals surface area (Å²) in [7, 11) is 0. The fourth-order valence-corrected chi connectivity index (χ4v) is 0.896. The monoisotopic (exact) mass is 189 g/mol. The second-order valence-corrected chi connectivity index (χ2v) is 2.66. The lowest BCUT2D eigenvalue weighted by atomic mass is 10.3. The van der Waals surface area contributed by atoms with E-state index in [-0.39, 0.29) is 0 Å². The Balaban J connectivity index is 2.43. The summed E-state index contributed by atoms with van der Waals surface area (Å²) in [5.41, 5.74) is 15.0. The van der Waals surface area contributed by atoms with E-state index >= 15 is 0 Å². The molecular weight excluding hydrogens is 178 g/mol. The van der Waals surface area contributed by atoms with E-state index in [4.69, 9.17) is 11.3 Å². The van der Waals surface area contributed by atoms with Crippen LogP contribution in [0.15, 0.2) is 29.5 Å². The van der Waals surface area contributed by atoms with Crippen LogP contribution in [0.25, 0.3) is 16.5 Å². The molecule has 5 nitrogen and oxygen atoms in total. The van der Waals surface area contributed by atoms with Gasteiger partial charge < -0.3 is 5.73 Å². The zero-order valence-electron chi connectivity index (χ0n) is 7.67. The summed E-state index contributed by atoms with van der Waals surface area (Å²) < 4.78 is 0. The van der Waals surface area contributed by atoms with Gasteiger partial charge in [-0.1, -0.05) is 11.2 Å². The molecule has 0 unspecified atom stereocenters. The number of hydrogen-bond donors (Lipinski definition) is 1. The minimum atomic E-state index is 0.474. The number of nitrogen functional groups attached to an aromatic ring is 1. The lowest BCUT2D eigenvalue weighted by Crippen LogP contribution is -1.86. The second-order valence-electron chi connectivity index (χ2n) is 2.66. The third-order valence-corrected chi connectivity index (χ3v) is 1.56. The highest BCUT2D eigenvalue weighted by Gasteiger charge is 1.87. The molecule has 0 saturated carbocycles. The van der Waals surface area contributed by atoms with E-state index in [0.717, 1.165) is 12.1 Å². The molecule has 1 aromatic rings. The number of nitrogens with zero attached hydrogens (tertiary/aromatic N) is 4. The van der Waals surface area contributed by atoms with Gasteiger partial charge in [-0.05, 0) is 30.2 Å². The summed E-state index contributed by atoms with van der Waals surface area (Å²) in [6, 6.07) is 3.62. The molecule has 0 atom stereocenters. The second kappa shape index (κ2) is 5.61. The van der Waals surface area contributed by atoms with E-state index in [0.29, 0.717) is 12.2 Å². The predicted molar refractivity (Wildman–Crippen MR) is 56.3 cm³/mol. The molecule has 14 heavy (non-hydrogen) atoms. The molecule has 1 rings (SSSR count). The highest BCUT2D eigenvalue weighted by molar-refractivity contribution is 5.47. The van der Waals surface area contributed by atoms with Crippen LogP contribution >= 0.6 is 0 Å². The molecule has 0 bridgehead atoms. The molecule has 72 valence electrons. The normalized spacial score (nSPS) is 10.0. The summed E-state index contributed by atoms with van der Waals surface area (Å²) in [6.07, 6.45) is 6.10. The Morgan fingerprint density at radius 2 is 2.43 bits per heavy atom. The predicted octanol–water partition coefficient (Wildman–Crippen LogP) is 2.38. The molecule has 2 N–H and O–H groups in total. The van der Waals surface area contributed by atoms with E-state index in [1.807, 2.05) is 18.2 Å². The fraction of sp³-hybridized carbons (Fsp3) is 0.222. The Labute approximate surface area is 81.9 Å². The first-order valence-corrected chi connectivity index (χ1v) is 4.22. The van der Waals surface area contributed by atoms with Crippen LogP contribution in [0.4, 0.5) is 5.69 Å². The lowest BCUT2D eigenvalue weighted by molar-refractivity contribution is 0.995. The number of hydrogen-bond acceptors (Lipinski definition) is 3. The maximum Gasteiger partial charge on any atom is 0.0628 e. The molecule has 0 radical (unpaired) electrons. The Morgan fingerprint density at radius 3 is 3.07 bits per heavy atom. The van der Waals surface area contributed by atoms with Crippen molar-refractivity contribution < 1.29 is 0 Å². The highest BCUT2D eigenvalue weighted by Crippen LogP contribution is 2.03. The zero-order chi connectivity index (χ0) is 10.2. The number of pyridine rings is 1. The third kappa shape index (κ3) is 3.60. The summed E-state index contributed by atoms with van der Waals surface area (Å²) in [6.45, 7) is 0.474. The van der Waals surface area contributed by atoms with Crippen LogP contribution in [0.2, 0.25) is 0 Å². The molecule has 0 aliphatic heterocycles. The van der Waals surface area contributed by atoms with E-state index in [1.54, 1.807) is 12.3 Å². The van der Waals surface area contributed by atoms with Gasteiger partial charge in [0.15, 0.2) is 0 Å². The Kier molecular flexibility index (Phi) is 4.04. The topological polar surface area (TPSA) is 87.7 Å². The molecule has 0 fully saturated rings. The third-order valence-electron chi connectivity index (χ3n) is 1.56. The van der Waals surface area contributed by atoms with Crippen LogP contribution in [0.5, 0.6) is 0 Å². The Bertz CT molecular complexity index is 348. The molecule has 0 saturated heterocycles. The molecule has 0 spiro atoms. The SMILES string of the molecule is [N-]=[N+]=NCCC=Cc1ccc(N)cn1. The first-order valence-electron chi connectivity index (χ1n) is 4.22. The molecule has 0 aliphatic rings. The summed E-state index contributed by atoms with van der Waals surface area (Å²) in [5, 5.41) is 3.41. The molecule has 5 heteroatoms. The molecule has 1 heterocycles. The van der Waals surface area contributed by atoms with E-state index < -0.39 is 0 Å². The van der Waals surface area contributed by atoms with Crippen LogP contribution in [-0.2, 0) is 0 Å². The van der Waals surface area contributed by atoms with Crippen molar-refractivity contribution in [2.45, 2.75) is 6.42 Å². The standard InChI is InChI=1S/C9H11N5/c10-8-4-5-9(12-7-8)3-1-2-6-13-14-11/h1,3-5,7H,2,6,10H2. The van der Waals surface area contributed by atoms with Crippen molar-refractivity contribution in [3.63, 3.8) is 0 Å². The highest BCUT2D eigenvalue weighted by atomic mass is 15.1. The van der Waals surface area contributed by atoms with Crippen molar-refractivity contribution >= 4 is 11.8 Å². The molecule has 1 aromatic heterocycles. The van der Waals surface area contributed by atoms with Crippen LogP contribution in [0.1, 0.15) is 12.1 Å². The van der Waals surface area contributed by atoms with Gasteiger partial charge in [0.25, 0.3) is 0 Å². The number of aromatic nitrogens is 1. The maximum atomic E-state index is 8.02. The summed E-state index contributed by atoms with van der Waals surface area (Å²) in [4.78, 5) is 6.73. The number of nitrogens with two attached hydrogens (primary N) is 1. The number of anilines is 1. The van der Waals surface area contributed by atoms with Crippen LogP contribution < -0.4 is 5.73 Å². The number of azide groups is 1. The van der Waals surface area contributed by atoms with Crippen molar-refractivity contribution in [1.82, 2.24) is 4.98 Å². The Morgan fingerprint density at radius 1 is 1.57 bits per heavy atom. The number of rotatable bonds is 4. The minimum Gasteiger partial charge on any atom is -0.397 e. The first kappa shape index (κ1) is 10.1. The summed E-state index contributed by atoms with van der Waals surface area (Å²) in [5.74, 6) is 0. The molecule has 0 aliphatic carbocycles. The van der Waals surface area contributed by atoms with Gasteiger partial charge in [-0.15, -0.1) is 0 Å². The van der Waals surface area contributed by atoms with Crippen molar-refractivity contribution in [3.05, 3.63) is 40.5 Å². The molecular formula is C9H11N5. The van der Waals surface area contributed by atoms with Crippen LogP contribution in [0, 0.1) is 0 Å². The van der Waals surface area contributed by atoms with Gasteiger partial charge in [0.2, 0.25) is 0 Å². The average molecular weight is 189 g/mol. The maximum absolute atomic E-state index is 8.02. The van der Waals surface area contributed by atoms with Crippen molar-refractivity contribution in [3.8, 4) is 0 Å². The van der Waals surface area contributed by atoms with Crippen LogP contribution in [-0.4, -0.2) is 11.5 Å². The van der Waals surface area contributed by atoms with Gasteiger partial charge in [-0.25, -0.2) is 0 Å². The fourth-order valence-electron chi connectivity index (χ4n) is 0.896. The van der Waals surface area contributed by atoms with Gasteiger partial charge in [0.1, 0.15) is 0 Å². The molecule has 0 aromatic carbocycles. The van der Waals surface area contributed by atoms with E-state index in [2.05, 4.69) is 15.0 Å². The van der Waals surface area contributed by atoms with Crippen LogP contribution in [0.3, 0.4) is 0 Å². The van der Waals surface area contributed by atoms with E-state index in [9.17, 15) is 0 Å². The van der Waals surface area contributed by atoms with Gasteiger partial charge in [0, 0.05) is 11.5 Å². The average Bonchev–Trinajstić information content (AvgIpc) is 2.21.